The summed E-state index contributed by atoms with van der Waals surface area (Å²) in [6.45, 7) is 7.14. The molecule has 2 rings (SSSR count). The number of hydrogen-bond acceptors (Lipinski definition) is 7. The van der Waals surface area contributed by atoms with E-state index in [-0.39, 0.29) is 12.8 Å². The Kier molecular flexibility index (Phi) is 13.3. The van der Waals surface area contributed by atoms with Gasteiger partial charge < -0.3 is 30.5 Å². The minimum atomic E-state index is -1.27. The monoisotopic (exact) mass is 569 g/mol. The molecule has 0 aliphatic heterocycles. The van der Waals surface area contributed by atoms with Crippen LogP contribution in [-0.2, 0) is 30.3 Å². The number of carbonyl (C=O) groups excluding carboxylic acids is 4. The Morgan fingerprint density at radius 2 is 1.44 bits per heavy atom. The molecule has 0 saturated carbocycles. The first-order valence-corrected chi connectivity index (χ1v) is 13.9. The molecule has 0 fully saturated rings. The van der Waals surface area contributed by atoms with Crippen molar-refractivity contribution >= 4 is 23.9 Å². The standard InChI is InChI=1S/C31H43N3O7/c1-6-7-18-23(28(37)34-27(22-16-12-9-13-17-22)25(35)20-26(36)40-5)32-29(38)24(19-21-14-10-8-11-15-21)33-30(39)41-31(2,3)4/h8-17,23-25,27,35H,6-7,18-20H2,1-5H3,(H,32,38)(H,33,39)(H,34,37)/t23-,24-,25?,27?/m0/s1. The van der Waals surface area contributed by atoms with Gasteiger partial charge in [0.1, 0.15) is 17.7 Å². The van der Waals surface area contributed by atoms with Crippen LogP contribution in [0.2, 0.25) is 0 Å². The van der Waals surface area contributed by atoms with Crippen LogP contribution >= 0.6 is 0 Å². The molecule has 0 heterocycles. The summed E-state index contributed by atoms with van der Waals surface area (Å²) in [4.78, 5) is 51.5. The van der Waals surface area contributed by atoms with Crippen molar-refractivity contribution in [3.8, 4) is 0 Å². The zero-order valence-electron chi connectivity index (χ0n) is 24.5. The zero-order chi connectivity index (χ0) is 30.4. The van der Waals surface area contributed by atoms with Gasteiger partial charge in [-0.05, 0) is 38.3 Å². The fourth-order valence-corrected chi connectivity index (χ4v) is 4.15. The van der Waals surface area contributed by atoms with Crippen molar-refractivity contribution in [2.75, 3.05) is 7.11 Å². The number of carbonyl (C=O) groups is 4. The van der Waals surface area contributed by atoms with E-state index in [9.17, 15) is 24.3 Å². The molecule has 0 saturated heterocycles. The Morgan fingerprint density at radius 3 is 2.00 bits per heavy atom. The Balaban J connectivity index is 2.28. The van der Waals surface area contributed by atoms with Gasteiger partial charge in [0, 0.05) is 6.42 Å². The molecule has 0 aromatic heterocycles. The van der Waals surface area contributed by atoms with Crippen molar-refractivity contribution in [2.45, 2.75) is 89.6 Å². The van der Waals surface area contributed by atoms with Crippen LogP contribution in [0.5, 0.6) is 0 Å². The number of esters is 1. The van der Waals surface area contributed by atoms with E-state index >= 15 is 0 Å². The molecule has 0 spiro atoms. The van der Waals surface area contributed by atoms with Crippen LogP contribution in [0.4, 0.5) is 4.79 Å². The average molecular weight is 570 g/mol. The fourth-order valence-electron chi connectivity index (χ4n) is 4.15. The second-order valence-electron chi connectivity index (χ2n) is 10.8. The highest BCUT2D eigenvalue weighted by Gasteiger charge is 2.32. The highest BCUT2D eigenvalue weighted by atomic mass is 16.6. The third-order valence-corrected chi connectivity index (χ3v) is 6.21. The van der Waals surface area contributed by atoms with Gasteiger partial charge in [-0.15, -0.1) is 0 Å². The highest BCUT2D eigenvalue weighted by molar-refractivity contribution is 5.91. The number of ether oxygens (including phenoxy) is 2. The Morgan fingerprint density at radius 1 is 0.854 bits per heavy atom. The molecule has 0 aliphatic carbocycles. The van der Waals surface area contributed by atoms with Crippen LogP contribution in [0.25, 0.3) is 0 Å². The van der Waals surface area contributed by atoms with Gasteiger partial charge in [0.2, 0.25) is 11.8 Å². The third kappa shape index (κ3) is 12.0. The lowest BCUT2D eigenvalue weighted by atomic mass is 9.98. The summed E-state index contributed by atoms with van der Waals surface area (Å²) in [5, 5.41) is 19.1. The van der Waals surface area contributed by atoms with Crippen LogP contribution in [0.3, 0.4) is 0 Å². The summed E-state index contributed by atoms with van der Waals surface area (Å²) in [5.41, 5.74) is 0.638. The summed E-state index contributed by atoms with van der Waals surface area (Å²) < 4.78 is 10.1. The SMILES string of the molecule is CCCC[C@H](NC(=O)[C@H](Cc1ccccc1)NC(=O)OC(C)(C)C)C(=O)NC(c1ccccc1)C(O)CC(=O)OC. The van der Waals surface area contributed by atoms with E-state index in [0.29, 0.717) is 18.4 Å². The predicted molar refractivity (Wildman–Crippen MR) is 155 cm³/mol. The van der Waals surface area contributed by atoms with E-state index in [4.69, 9.17) is 4.74 Å². The number of amides is 3. The largest absolute Gasteiger partial charge is 0.469 e. The molecule has 224 valence electrons. The van der Waals surface area contributed by atoms with Gasteiger partial charge >= 0.3 is 12.1 Å². The first kappa shape index (κ1) is 33.3. The topological polar surface area (TPSA) is 143 Å². The predicted octanol–water partition coefficient (Wildman–Crippen LogP) is 3.58. The highest BCUT2D eigenvalue weighted by Crippen LogP contribution is 2.20. The molecule has 4 N–H and O–H groups in total. The van der Waals surface area contributed by atoms with Crippen LogP contribution in [0, 0.1) is 0 Å². The average Bonchev–Trinajstić information content (AvgIpc) is 2.93. The van der Waals surface area contributed by atoms with Crippen molar-refractivity contribution in [2.24, 2.45) is 0 Å². The van der Waals surface area contributed by atoms with Crippen LogP contribution < -0.4 is 16.0 Å². The van der Waals surface area contributed by atoms with Gasteiger partial charge in [0.15, 0.2) is 0 Å². The Bertz CT molecular complexity index is 1120. The normalized spacial score (nSPS) is 14.1. The molecule has 4 atom stereocenters. The summed E-state index contributed by atoms with van der Waals surface area (Å²) in [7, 11) is 1.22. The summed E-state index contributed by atoms with van der Waals surface area (Å²) >= 11 is 0. The summed E-state index contributed by atoms with van der Waals surface area (Å²) in [5.74, 6) is -1.71. The Hall–Kier alpha value is -3.92. The lowest BCUT2D eigenvalue weighted by Gasteiger charge is -2.28. The molecule has 3 amide bonds. The molecule has 10 nitrogen and oxygen atoms in total. The van der Waals surface area contributed by atoms with E-state index < -0.39 is 53.7 Å². The maximum Gasteiger partial charge on any atom is 0.408 e. The van der Waals surface area contributed by atoms with Crippen molar-refractivity contribution in [3.05, 3.63) is 71.8 Å². The number of rotatable bonds is 14. The zero-order valence-corrected chi connectivity index (χ0v) is 24.5. The number of unbranched alkanes of at least 4 members (excludes halogenated alkanes) is 1. The fraction of sp³-hybridized carbons (Fsp3) is 0.484. The van der Waals surface area contributed by atoms with E-state index in [1.165, 1.54) is 7.11 Å². The summed E-state index contributed by atoms with van der Waals surface area (Å²) in [6.07, 6.45) is -0.431. The van der Waals surface area contributed by atoms with Crippen molar-refractivity contribution in [1.29, 1.82) is 0 Å². The van der Waals surface area contributed by atoms with Crippen molar-refractivity contribution in [3.63, 3.8) is 0 Å². The number of alkyl carbamates (subject to hydrolysis) is 1. The lowest BCUT2D eigenvalue weighted by molar-refractivity contribution is -0.143. The second kappa shape index (κ2) is 16.4. The van der Waals surface area contributed by atoms with Gasteiger partial charge in [-0.3, -0.25) is 14.4 Å². The minimum Gasteiger partial charge on any atom is -0.469 e. The summed E-state index contributed by atoms with van der Waals surface area (Å²) in [6, 6.07) is 15.1. The number of nitrogens with one attached hydrogen (secondary N) is 3. The van der Waals surface area contributed by atoms with Gasteiger partial charge in [-0.2, -0.15) is 0 Å². The first-order valence-electron chi connectivity index (χ1n) is 13.9. The van der Waals surface area contributed by atoms with Gasteiger partial charge in [0.05, 0.1) is 25.7 Å². The maximum atomic E-state index is 13.6. The number of aliphatic hydroxyl groups excluding tert-OH is 1. The quantitative estimate of drug-likeness (QED) is 0.255. The third-order valence-electron chi connectivity index (χ3n) is 6.21. The molecule has 41 heavy (non-hydrogen) atoms. The van der Waals surface area contributed by atoms with Crippen LogP contribution in [0.15, 0.2) is 60.7 Å². The minimum absolute atomic E-state index is 0.179. The molecule has 0 radical (unpaired) electrons. The second-order valence-corrected chi connectivity index (χ2v) is 10.8. The van der Waals surface area contributed by atoms with Gasteiger partial charge in [-0.1, -0.05) is 80.4 Å². The molecule has 0 aliphatic rings. The van der Waals surface area contributed by atoms with Crippen molar-refractivity contribution in [1.82, 2.24) is 16.0 Å². The maximum absolute atomic E-state index is 13.6. The van der Waals surface area contributed by atoms with Gasteiger partial charge in [-0.25, -0.2) is 4.79 Å². The Labute approximate surface area is 242 Å². The van der Waals surface area contributed by atoms with E-state index in [1.54, 1.807) is 51.1 Å². The molecular formula is C31H43N3O7. The van der Waals surface area contributed by atoms with Crippen LogP contribution in [0.1, 0.15) is 70.5 Å². The molecule has 10 heteroatoms. The van der Waals surface area contributed by atoms with Gasteiger partial charge in [0.25, 0.3) is 0 Å². The molecule has 2 aromatic rings. The molecule has 2 unspecified atom stereocenters. The number of methoxy groups -OCH3 is 1. The van der Waals surface area contributed by atoms with E-state index in [0.717, 1.165) is 12.0 Å². The number of hydrogen-bond donors (Lipinski definition) is 4. The van der Waals surface area contributed by atoms with E-state index in [2.05, 4.69) is 20.7 Å². The van der Waals surface area contributed by atoms with E-state index in [1.807, 2.05) is 37.3 Å². The lowest BCUT2D eigenvalue weighted by Crippen LogP contribution is -2.55. The smallest absolute Gasteiger partial charge is 0.408 e. The number of benzene rings is 2. The van der Waals surface area contributed by atoms with Crippen molar-refractivity contribution < 1.29 is 33.8 Å². The number of aliphatic hydroxyl groups is 1. The van der Waals surface area contributed by atoms with Crippen LogP contribution in [-0.4, -0.2) is 59.9 Å². The first-order chi connectivity index (χ1) is 19.4. The molecule has 0 bridgehead atoms. The molecule has 2 aromatic carbocycles. The molecular weight excluding hydrogens is 526 g/mol.